The summed E-state index contributed by atoms with van der Waals surface area (Å²) in [5, 5.41) is 0. The highest BCUT2D eigenvalue weighted by Crippen LogP contribution is 2.26. The zero-order valence-corrected chi connectivity index (χ0v) is 13.1. The van der Waals surface area contributed by atoms with Crippen LogP contribution in [0.2, 0.25) is 0 Å². The molecule has 2 aromatic carbocycles. The third-order valence-electron chi connectivity index (χ3n) is 4.17. The Morgan fingerprint density at radius 3 is 2.35 bits per heavy atom. The number of aryl methyl sites for hydroxylation is 1. The minimum absolute atomic E-state index is 0.870. The van der Waals surface area contributed by atoms with Crippen molar-refractivity contribution in [2.75, 3.05) is 0 Å². The first-order chi connectivity index (χ1) is 11.3. The molecule has 0 aliphatic rings. The molecule has 0 unspecified atom stereocenters. The van der Waals surface area contributed by atoms with Crippen LogP contribution in [0.5, 0.6) is 0 Å². The van der Waals surface area contributed by atoms with Crippen molar-refractivity contribution in [1.82, 2.24) is 9.38 Å². The predicted octanol–water partition coefficient (Wildman–Crippen LogP) is 4.90. The molecule has 0 saturated heterocycles. The Hall–Kier alpha value is -2.87. The van der Waals surface area contributed by atoms with Crippen molar-refractivity contribution in [2.45, 2.75) is 13.3 Å². The fourth-order valence-electron chi connectivity index (χ4n) is 2.95. The molecule has 0 aliphatic carbocycles. The minimum atomic E-state index is 0.870. The molecule has 0 saturated carbocycles. The molecule has 0 fully saturated rings. The largest absolute Gasteiger partial charge is 0.303 e. The Labute approximate surface area is 136 Å². The fourth-order valence-corrected chi connectivity index (χ4v) is 2.95. The molecule has 2 heteroatoms. The summed E-state index contributed by atoms with van der Waals surface area (Å²) in [6.45, 7) is 2.11. The van der Waals surface area contributed by atoms with Gasteiger partial charge in [-0.15, -0.1) is 0 Å². The lowest BCUT2D eigenvalue weighted by Crippen LogP contribution is -1.96. The molecule has 0 N–H and O–H groups in total. The summed E-state index contributed by atoms with van der Waals surface area (Å²) in [5.74, 6) is 0. The summed E-state index contributed by atoms with van der Waals surface area (Å²) in [5.41, 5.74) is 7.03. The van der Waals surface area contributed by atoms with Crippen molar-refractivity contribution in [3.05, 3.63) is 95.8 Å². The van der Waals surface area contributed by atoms with Gasteiger partial charge in [-0.3, -0.25) is 0 Å². The molecule has 0 radical (unpaired) electrons. The van der Waals surface area contributed by atoms with Crippen molar-refractivity contribution < 1.29 is 0 Å². The Bertz CT molecular complexity index is 935. The molecule has 0 spiro atoms. The Morgan fingerprint density at radius 2 is 1.57 bits per heavy atom. The lowest BCUT2D eigenvalue weighted by Gasteiger charge is -2.06. The molecule has 0 amide bonds. The van der Waals surface area contributed by atoms with Crippen LogP contribution in [0.25, 0.3) is 16.9 Å². The third kappa shape index (κ3) is 2.64. The number of imidazole rings is 1. The summed E-state index contributed by atoms with van der Waals surface area (Å²) >= 11 is 0. The van der Waals surface area contributed by atoms with Crippen molar-refractivity contribution in [3.8, 4) is 11.3 Å². The van der Waals surface area contributed by atoms with Gasteiger partial charge in [0.25, 0.3) is 0 Å². The number of fused-ring (bicyclic) bond motifs is 1. The average Bonchev–Trinajstić information content (AvgIpc) is 2.95. The van der Waals surface area contributed by atoms with Crippen LogP contribution in [0, 0.1) is 6.92 Å². The standard InChI is InChI=1S/C21H18N2/c1-16-10-12-18(13-11-16)21-19(15-17-7-3-2-4-8-17)23-14-6-5-9-20(23)22-21/h2-14H,15H2,1H3. The predicted molar refractivity (Wildman–Crippen MR) is 94.6 cm³/mol. The molecule has 112 valence electrons. The maximum Gasteiger partial charge on any atom is 0.137 e. The lowest BCUT2D eigenvalue weighted by atomic mass is 10.0. The monoisotopic (exact) mass is 298 g/mol. The van der Waals surface area contributed by atoms with Crippen LogP contribution < -0.4 is 0 Å². The second-order valence-corrected chi connectivity index (χ2v) is 5.86. The van der Waals surface area contributed by atoms with E-state index in [1.807, 2.05) is 6.07 Å². The molecule has 23 heavy (non-hydrogen) atoms. The molecule has 0 atom stereocenters. The van der Waals surface area contributed by atoms with Gasteiger partial charge in [0.2, 0.25) is 0 Å². The lowest BCUT2D eigenvalue weighted by molar-refractivity contribution is 1.03. The highest BCUT2D eigenvalue weighted by Gasteiger charge is 2.14. The van der Waals surface area contributed by atoms with E-state index >= 15 is 0 Å². The summed E-state index contributed by atoms with van der Waals surface area (Å²) in [6.07, 6.45) is 2.97. The van der Waals surface area contributed by atoms with E-state index in [4.69, 9.17) is 4.98 Å². The Balaban J connectivity index is 1.89. The number of hydrogen-bond acceptors (Lipinski definition) is 1. The van der Waals surface area contributed by atoms with E-state index in [9.17, 15) is 0 Å². The van der Waals surface area contributed by atoms with E-state index in [0.29, 0.717) is 0 Å². The molecule has 0 bridgehead atoms. The number of rotatable bonds is 3. The van der Waals surface area contributed by atoms with Gasteiger partial charge in [0.1, 0.15) is 5.65 Å². The smallest absolute Gasteiger partial charge is 0.137 e. The second kappa shape index (κ2) is 5.73. The number of benzene rings is 2. The van der Waals surface area contributed by atoms with Crippen molar-refractivity contribution >= 4 is 5.65 Å². The number of nitrogens with zero attached hydrogens (tertiary/aromatic N) is 2. The van der Waals surface area contributed by atoms with Gasteiger partial charge >= 0.3 is 0 Å². The van der Waals surface area contributed by atoms with Crippen LogP contribution in [-0.2, 0) is 6.42 Å². The van der Waals surface area contributed by atoms with E-state index in [1.54, 1.807) is 0 Å². The summed E-state index contributed by atoms with van der Waals surface area (Å²) in [4.78, 5) is 4.87. The quantitative estimate of drug-likeness (QED) is 0.526. The maximum absolute atomic E-state index is 4.87. The zero-order chi connectivity index (χ0) is 15.6. The molecule has 4 aromatic rings. The fraction of sp³-hybridized carbons (Fsp3) is 0.0952. The first-order valence-corrected chi connectivity index (χ1v) is 7.88. The first kappa shape index (κ1) is 13.8. The van der Waals surface area contributed by atoms with E-state index in [-0.39, 0.29) is 0 Å². The normalized spacial score (nSPS) is 11.0. The van der Waals surface area contributed by atoms with Crippen LogP contribution in [-0.4, -0.2) is 9.38 Å². The van der Waals surface area contributed by atoms with Gasteiger partial charge < -0.3 is 4.40 Å². The highest BCUT2D eigenvalue weighted by atomic mass is 15.0. The van der Waals surface area contributed by atoms with Gasteiger partial charge in [-0.2, -0.15) is 0 Å². The Kier molecular flexibility index (Phi) is 3.43. The van der Waals surface area contributed by atoms with Crippen LogP contribution in [0.1, 0.15) is 16.8 Å². The summed E-state index contributed by atoms with van der Waals surface area (Å²) in [6, 6.07) is 25.3. The van der Waals surface area contributed by atoms with Crippen LogP contribution in [0.15, 0.2) is 79.0 Å². The molecular weight excluding hydrogens is 280 g/mol. The van der Waals surface area contributed by atoms with E-state index < -0.39 is 0 Å². The van der Waals surface area contributed by atoms with Crippen LogP contribution >= 0.6 is 0 Å². The Morgan fingerprint density at radius 1 is 0.826 bits per heavy atom. The topological polar surface area (TPSA) is 17.3 Å². The van der Waals surface area contributed by atoms with Gasteiger partial charge in [-0.05, 0) is 24.6 Å². The maximum atomic E-state index is 4.87. The SMILES string of the molecule is Cc1ccc(-c2nc3ccccn3c2Cc2ccccc2)cc1. The molecule has 2 heterocycles. The highest BCUT2D eigenvalue weighted by molar-refractivity contribution is 5.67. The minimum Gasteiger partial charge on any atom is -0.303 e. The molecule has 2 nitrogen and oxygen atoms in total. The second-order valence-electron chi connectivity index (χ2n) is 5.86. The van der Waals surface area contributed by atoms with Crippen LogP contribution in [0.3, 0.4) is 0 Å². The molecular formula is C21H18N2. The first-order valence-electron chi connectivity index (χ1n) is 7.88. The van der Waals surface area contributed by atoms with Crippen molar-refractivity contribution in [1.29, 1.82) is 0 Å². The molecule has 0 aliphatic heterocycles. The van der Waals surface area contributed by atoms with E-state index in [2.05, 4.69) is 84.3 Å². The van der Waals surface area contributed by atoms with Crippen LogP contribution in [0.4, 0.5) is 0 Å². The molecule has 2 aromatic heterocycles. The van der Waals surface area contributed by atoms with Crippen molar-refractivity contribution in [3.63, 3.8) is 0 Å². The zero-order valence-electron chi connectivity index (χ0n) is 13.1. The van der Waals surface area contributed by atoms with E-state index in [0.717, 1.165) is 17.8 Å². The van der Waals surface area contributed by atoms with Crippen molar-refractivity contribution in [2.24, 2.45) is 0 Å². The third-order valence-corrected chi connectivity index (χ3v) is 4.17. The average molecular weight is 298 g/mol. The summed E-state index contributed by atoms with van der Waals surface area (Å²) in [7, 11) is 0. The van der Waals surface area contributed by atoms with Gasteiger partial charge in [0.05, 0.1) is 11.4 Å². The van der Waals surface area contributed by atoms with Gasteiger partial charge in [-0.25, -0.2) is 4.98 Å². The van der Waals surface area contributed by atoms with Gasteiger partial charge in [0, 0.05) is 18.2 Å². The number of aromatic nitrogens is 2. The van der Waals surface area contributed by atoms with Gasteiger partial charge in [-0.1, -0.05) is 66.2 Å². The summed E-state index contributed by atoms with van der Waals surface area (Å²) < 4.78 is 2.20. The van der Waals surface area contributed by atoms with Gasteiger partial charge in [0.15, 0.2) is 0 Å². The number of pyridine rings is 1. The molecule has 4 rings (SSSR count). The number of hydrogen-bond donors (Lipinski definition) is 0. The van der Waals surface area contributed by atoms with E-state index in [1.165, 1.54) is 22.4 Å².